The molecule has 4 rings (SSSR count). The van der Waals surface area contributed by atoms with Gasteiger partial charge in [-0.3, -0.25) is 4.79 Å². The molecule has 1 aliphatic heterocycles. The van der Waals surface area contributed by atoms with Crippen LogP contribution in [0.25, 0.3) is 0 Å². The van der Waals surface area contributed by atoms with Gasteiger partial charge in [-0.05, 0) is 56.3 Å². The summed E-state index contributed by atoms with van der Waals surface area (Å²) in [5.41, 5.74) is 4.03. The number of ether oxygens (including phenoxy) is 1. The van der Waals surface area contributed by atoms with Gasteiger partial charge >= 0.3 is 0 Å². The monoisotopic (exact) mass is 381 g/mol. The molecule has 2 unspecified atom stereocenters. The summed E-state index contributed by atoms with van der Waals surface area (Å²) in [5.74, 6) is 1.01. The van der Waals surface area contributed by atoms with Crippen LogP contribution in [0.5, 0.6) is 5.75 Å². The van der Waals surface area contributed by atoms with Gasteiger partial charge in [-0.25, -0.2) is 0 Å². The van der Waals surface area contributed by atoms with E-state index in [1.54, 1.807) is 0 Å². The Balaban J connectivity index is 1.51. The fourth-order valence-corrected chi connectivity index (χ4v) is 4.99. The first-order valence-corrected chi connectivity index (χ1v) is 10.2. The normalized spacial score (nSPS) is 20.5. The van der Waals surface area contributed by atoms with Gasteiger partial charge in [0.2, 0.25) is 5.91 Å². The molecule has 27 heavy (non-hydrogen) atoms. The molecule has 2 atom stereocenters. The largest absolute Gasteiger partial charge is 0.494 e. The quantitative estimate of drug-likeness (QED) is 0.828. The van der Waals surface area contributed by atoms with Gasteiger partial charge in [-0.1, -0.05) is 17.7 Å². The first kappa shape index (κ1) is 18.0. The molecule has 2 aliphatic rings. The Kier molecular flexibility index (Phi) is 4.90. The molecular formula is C21H23N3O2S. The summed E-state index contributed by atoms with van der Waals surface area (Å²) in [6.45, 7) is 6.29. The van der Waals surface area contributed by atoms with Crippen LogP contribution in [-0.2, 0) is 17.8 Å². The van der Waals surface area contributed by atoms with Crippen molar-refractivity contribution in [3.05, 3.63) is 45.3 Å². The van der Waals surface area contributed by atoms with E-state index in [-0.39, 0.29) is 17.7 Å². The van der Waals surface area contributed by atoms with Crippen LogP contribution >= 0.6 is 11.3 Å². The van der Waals surface area contributed by atoms with E-state index >= 15 is 0 Å². The van der Waals surface area contributed by atoms with Gasteiger partial charge in [0.25, 0.3) is 0 Å². The number of nitrogens with one attached hydrogen (secondary N) is 2. The van der Waals surface area contributed by atoms with Crippen molar-refractivity contribution in [2.24, 2.45) is 5.92 Å². The van der Waals surface area contributed by atoms with Crippen molar-refractivity contribution in [1.82, 2.24) is 5.32 Å². The minimum Gasteiger partial charge on any atom is -0.494 e. The number of hydrogen-bond acceptors (Lipinski definition) is 5. The molecule has 5 nitrogen and oxygen atoms in total. The van der Waals surface area contributed by atoms with Gasteiger partial charge in [0.1, 0.15) is 16.8 Å². The van der Waals surface area contributed by atoms with E-state index in [2.05, 4.69) is 29.7 Å². The molecule has 2 aromatic rings. The van der Waals surface area contributed by atoms with Crippen LogP contribution in [0.4, 0.5) is 5.00 Å². The fourth-order valence-electron chi connectivity index (χ4n) is 3.82. The van der Waals surface area contributed by atoms with Gasteiger partial charge < -0.3 is 15.4 Å². The molecule has 2 heterocycles. The number of thiophene rings is 1. The number of nitriles is 1. The average molecular weight is 382 g/mol. The SMILES string of the molecule is CCOc1ccc(C)cc1C1CC1C(=O)Nc1sc2c(c1C#N)CCNC2. The number of rotatable bonds is 5. The molecule has 1 aromatic heterocycles. The molecule has 140 valence electrons. The van der Waals surface area contributed by atoms with Gasteiger partial charge in [-0.15, -0.1) is 11.3 Å². The number of fused-ring (bicyclic) bond motifs is 1. The highest BCUT2D eigenvalue weighted by Gasteiger charge is 2.45. The van der Waals surface area contributed by atoms with E-state index < -0.39 is 0 Å². The van der Waals surface area contributed by atoms with Gasteiger partial charge in [0.15, 0.2) is 0 Å². The lowest BCUT2D eigenvalue weighted by Crippen LogP contribution is -2.22. The van der Waals surface area contributed by atoms with Crippen molar-refractivity contribution in [2.75, 3.05) is 18.5 Å². The fraction of sp³-hybridized carbons (Fsp3) is 0.429. The van der Waals surface area contributed by atoms with E-state index in [0.717, 1.165) is 47.7 Å². The average Bonchev–Trinajstić information content (AvgIpc) is 3.39. The highest BCUT2D eigenvalue weighted by molar-refractivity contribution is 7.16. The molecule has 6 heteroatoms. The first-order chi connectivity index (χ1) is 13.1. The van der Waals surface area contributed by atoms with E-state index in [9.17, 15) is 10.1 Å². The molecule has 0 radical (unpaired) electrons. The molecule has 1 fully saturated rings. The number of aryl methyl sites for hydroxylation is 1. The topological polar surface area (TPSA) is 74.1 Å². The molecule has 1 saturated carbocycles. The summed E-state index contributed by atoms with van der Waals surface area (Å²) in [5, 5.41) is 16.6. The third-order valence-corrected chi connectivity index (χ3v) is 6.42. The maximum Gasteiger partial charge on any atom is 0.228 e. The molecule has 0 spiro atoms. The van der Waals surface area contributed by atoms with Crippen molar-refractivity contribution in [3.63, 3.8) is 0 Å². The van der Waals surface area contributed by atoms with Gasteiger partial charge in [0, 0.05) is 17.3 Å². The van der Waals surface area contributed by atoms with Crippen LogP contribution in [0.2, 0.25) is 0 Å². The Morgan fingerprint density at radius 1 is 1.48 bits per heavy atom. The van der Waals surface area contributed by atoms with Crippen LogP contribution in [0.3, 0.4) is 0 Å². The maximum absolute atomic E-state index is 12.8. The van der Waals surface area contributed by atoms with E-state index in [0.29, 0.717) is 17.2 Å². The minimum atomic E-state index is -0.0604. The molecule has 0 saturated heterocycles. The van der Waals surface area contributed by atoms with E-state index in [1.807, 2.05) is 19.1 Å². The number of carbonyl (C=O) groups excluding carboxylic acids is 1. The van der Waals surface area contributed by atoms with Crippen LogP contribution in [0, 0.1) is 24.2 Å². The van der Waals surface area contributed by atoms with Crippen LogP contribution in [0.1, 0.15) is 46.4 Å². The summed E-state index contributed by atoms with van der Waals surface area (Å²) in [4.78, 5) is 14.0. The second kappa shape index (κ2) is 7.34. The van der Waals surface area contributed by atoms with Crippen molar-refractivity contribution in [2.45, 2.75) is 39.2 Å². The zero-order chi connectivity index (χ0) is 19.0. The minimum absolute atomic E-state index is 0.00649. The molecule has 1 aliphatic carbocycles. The van der Waals surface area contributed by atoms with Crippen LogP contribution < -0.4 is 15.4 Å². The van der Waals surface area contributed by atoms with Crippen LogP contribution in [0.15, 0.2) is 18.2 Å². The third kappa shape index (κ3) is 3.45. The number of anilines is 1. The summed E-state index contributed by atoms with van der Waals surface area (Å²) in [7, 11) is 0. The molecule has 1 amide bonds. The lowest BCUT2D eigenvalue weighted by molar-refractivity contribution is -0.117. The number of amides is 1. The zero-order valence-corrected chi connectivity index (χ0v) is 16.4. The number of nitrogens with zero attached hydrogens (tertiary/aromatic N) is 1. The maximum atomic E-state index is 12.8. The number of benzene rings is 1. The standard InChI is InChI=1S/C21H23N3O2S/c1-3-26-18-5-4-12(2)8-15(18)14-9-16(14)20(25)24-21-17(10-22)13-6-7-23-11-19(13)27-21/h4-5,8,14,16,23H,3,6-7,9,11H2,1-2H3,(H,24,25). The van der Waals surface area contributed by atoms with Crippen molar-refractivity contribution < 1.29 is 9.53 Å². The zero-order valence-electron chi connectivity index (χ0n) is 15.6. The Morgan fingerprint density at radius 3 is 3.11 bits per heavy atom. The van der Waals surface area contributed by atoms with E-state index in [1.165, 1.54) is 16.9 Å². The van der Waals surface area contributed by atoms with Gasteiger partial charge in [-0.2, -0.15) is 5.26 Å². The molecule has 1 aromatic carbocycles. The number of hydrogen-bond donors (Lipinski definition) is 2. The lowest BCUT2D eigenvalue weighted by atomic mass is 10.0. The van der Waals surface area contributed by atoms with E-state index in [4.69, 9.17) is 4.74 Å². The first-order valence-electron chi connectivity index (χ1n) is 9.42. The second-order valence-corrected chi connectivity index (χ2v) is 8.26. The highest BCUT2D eigenvalue weighted by Crippen LogP contribution is 2.51. The van der Waals surface area contributed by atoms with Crippen molar-refractivity contribution in [3.8, 4) is 11.8 Å². The highest BCUT2D eigenvalue weighted by atomic mass is 32.1. The summed E-state index contributed by atoms with van der Waals surface area (Å²) in [6, 6.07) is 8.45. The Labute approximate surface area is 163 Å². The predicted molar refractivity (Wildman–Crippen MR) is 106 cm³/mol. The smallest absolute Gasteiger partial charge is 0.228 e. The molecular weight excluding hydrogens is 358 g/mol. The Morgan fingerprint density at radius 2 is 2.33 bits per heavy atom. The summed E-state index contributed by atoms with van der Waals surface area (Å²) >= 11 is 1.53. The third-order valence-electron chi connectivity index (χ3n) is 5.27. The van der Waals surface area contributed by atoms with Crippen molar-refractivity contribution >= 4 is 22.2 Å². The van der Waals surface area contributed by atoms with Crippen LogP contribution in [-0.4, -0.2) is 19.1 Å². The summed E-state index contributed by atoms with van der Waals surface area (Å²) in [6.07, 6.45) is 1.67. The Bertz CT molecular complexity index is 928. The van der Waals surface area contributed by atoms with Gasteiger partial charge in [0.05, 0.1) is 12.2 Å². The lowest BCUT2D eigenvalue weighted by Gasteiger charge is -2.11. The molecule has 0 bridgehead atoms. The number of carbonyl (C=O) groups is 1. The predicted octanol–water partition coefficient (Wildman–Crippen LogP) is 3.71. The summed E-state index contributed by atoms with van der Waals surface area (Å²) < 4.78 is 5.75. The molecule has 2 N–H and O–H groups in total. The Hall–Kier alpha value is -2.36. The second-order valence-electron chi connectivity index (χ2n) is 7.16. The van der Waals surface area contributed by atoms with Crippen molar-refractivity contribution in [1.29, 1.82) is 5.26 Å².